The Hall–Kier alpha value is -1.62. The van der Waals surface area contributed by atoms with Crippen molar-refractivity contribution < 1.29 is 13.9 Å². The average molecular weight is 280 g/mol. The molecule has 1 N–H and O–H groups in total. The van der Waals surface area contributed by atoms with Gasteiger partial charge >= 0.3 is 6.09 Å². The van der Waals surface area contributed by atoms with Crippen LogP contribution in [-0.4, -0.2) is 36.2 Å². The van der Waals surface area contributed by atoms with E-state index in [9.17, 15) is 9.18 Å². The molecular formula is C15H21FN2O2. The summed E-state index contributed by atoms with van der Waals surface area (Å²) in [6.45, 7) is 7.19. The highest BCUT2D eigenvalue weighted by Gasteiger charge is 2.32. The Morgan fingerprint density at radius 1 is 1.40 bits per heavy atom. The van der Waals surface area contributed by atoms with Crippen molar-refractivity contribution in [2.24, 2.45) is 0 Å². The van der Waals surface area contributed by atoms with Crippen LogP contribution in [-0.2, 0) is 4.74 Å². The van der Waals surface area contributed by atoms with Gasteiger partial charge in [0.15, 0.2) is 0 Å². The number of nitrogens with one attached hydrogen (secondary N) is 1. The molecule has 110 valence electrons. The number of halogens is 1. The van der Waals surface area contributed by atoms with Gasteiger partial charge in [-0.2, -0.15) is 0 Å². The molecule has 1 amide bonds. The van der Waals surface area contributed by atoms with Crippen LogP contribution in [0, 0.1) is 5.82 Å². The number of rotatable bonds is 1. The molecule has 1 aromatic rings. The van der Waals surface area contributed by atoms with Gasteiger partial charge in [-0.25, -0.2) is 9.18 Å². The molecular weight excluding hydrogens is 259 g/mol. The molecule has 1 atom stereocenters. The highest BCUT2D eigenvalue weighted by Crippen LogP contribution is 2.26. The van der Waals surface area contributed by atoms with Crippen molar-refractivity contribution in [3.63, 3.8) is 0 Å². The first-order valence-corrected chi connectivity index (χ1v) is 6.83. The minimum Gasteiger partial charge on any atom is -0.444 e. The van der Waals surface area contributed by atoms with E-state index in [2.05, 4.69) is 5.32 Å². The van der Waals surface area contributed by atoms with Crippen LogP contribution in [0.15, 0.2) is 24.3 Å². The smallest absolute Gasteiger partial charge is 0.410 e. The summed E-state index contributed by atoms with van der Waals surface area (Å²) in [5.74, 6) is -0.297. The summed E-state index contributed by atoms with van der Waals surface area (Å²) < 4.78 is 19.3. The average Bonchev–Trinajstić information content (AvgIpc) is 2.37. The molecule has 0 aliphatic carbocycles. The molecule has 1 fully saturated rings. The lowest BCUT2D eigenvalue weighted by Crippen LogP contribution is -2.50. The zero-order valence-corrected chi connectivity index (χ0v) is 12.1. The zero-order chi connectivity index (χ0) is 14.8. The molecule has 4 nitrogen and oxygen atoms in total. The predicted molar refractivity (Wildman–Crippen MR) is 75.0 cm³/mol. The van der Waals surface area contributed by atoms with Crippen molar-refractivity contribution in [3.8, 4) is 0 Å². The molecule has 1 aliphatic heterocycles. The SMILES string of the molecule is CC(C)(C)OC(=O)N1CCNCC1c1ccccc1F. The van der Waals surface area contributed by atoms with Crippen molar-refractivity contribution >= 4 is 6.09 Å². The van der Waals surface area contributed by atoms with Crippen LogP contribution in [0.2, 0.25) is 0 Å². The van der Waals surface area contributed by atoms with Crippen molar-refractivity contribution in [2.75, 3.05) is 19.6 Å². The van der Waals surface area contributed by atoms with Crippen LogP contribution in [0.4, 0.5) is 9.18 Å². The lowest BCUT2D eigenvalue weighted by atomic mass is 10.0. The molecule has 0 aromatic heterocycles. The second kappa shape index (κ2) is 5.79. The standard InChI is InChI=1S/C15H21FN2O2/c1-15(2,3)20-14(19)18-9-8-17-10-13(18)11-6-4-5-7-12(11)16/h4-7,13,17H,8-10H2,1-3H3. The van der Waals surface area contributed by atoms with Gasteiger partial charge in [-0.05, 0) is 26.8 Å². The maximum atomic E-state index is 13.9. The van der Waals surface area contributed by atoms with Crippen LogP contribution in [0.1, 0.15) is 32.4 Å². The molecule has 5 heteroatoms. The molecule has 1 heterocycles. The van der Waals surface area contributed by atoms with Gasteiger partial charge in [-0.15, -0.1) is 0 Å². The number of nitrogens with zero attached hydrogens (tertiary/aromatic N) is 1. The third-order valence-electron chi connectivity index (χ3n) is 3.14. The number of carbonyl (C=O) groups is 1. The van der Waals surface area contributed by atoms with Gasteiger partial charge in [-0.3, -0.25) is 4.90 Å². The van der Waals surface area contributed by atoms with Crippen molar-refractivity contribution in [2.45, 2.75) is 32.4 Å². The van der Waals surface area contributed by atoms with Gasteiger partial charge in [0.25, 0.3) is 0 Å². The fraction of sp³-hybridized carbons (Fsp3) is 0.533. The first kappa shape index (κ1) is 14.8. The Bertz CT molecular complexity index is 485. The van der Waals surface area contributed by atoms with Gasteiger partial charge in [0.1, 0.15) is 11.4 Å². The maximum absolute atomic E-state index is 13.9. The normalized spacial score (nSPS) is 19.8. The van der Waals surface area contributed by atoms with Crippen molar-refractivity contribution in [1.29, 1.82) is 0 Å². The van der Waals surface area contributed by atoms with Gasteiger partial charge in [0.2, 0.25) is 0 Å². The number of carbonyl (C=O) groups excluding carboxylic acids is 1. The van der Waals surface area contributed by atoms with E-state index >= 15 is 0 Å². The zero-order valence-electron chi connectivity index (χ0n) is 12.1. The van der Waals surface area contributed by atoms with Gasteiger partial charge in [-0.1, -0.05) is 18.2 Å². The molecule has 0 spiro atoms. The van der Waals surface area contributed by atoms with Crippen LogP contribution < -0.4 is 5.32 Å². The summed E-state index contributed by atoms with van der Waals surface area (Å²) in [6, 6.07) is 6.22. The summed E-state index contributed by atoms with van der Waals surface area (Å²) in [6.07, 6.45) is -0.396. The molecule has 1 aliphatic rings. The fourth-order valence-electron chi connectivity index (χ4n) is 2.27. The van der Waals surface area contributed by atoms with E-state index in [0.29, 0.717) is 25.2 Å². The Morgan fingerprint density at radius 2 is 2.10 bits per heavy atom. The topological polar surface area (TPSA) is 41.6 Å². The summed E-state index contributed by atoms with van der Waals surface area (Å²) in [5, 5.41) is 3.19. The number of piperazine rings is 1. The molecule has 0 saturated carbocycles. The minimum atomic E-state index is -0.554. The minimum absolute atomic E-state index is 0.297. The van der Waals surface area contributed by atoms with E-state index in [1.54, 1.807) is 23.1 Å². The molecule has 1 unspecified atom stereocenters. The van der Waals surface area contributed by atoms with Gasteiger partial charge in [0.05, 0.1) is 6.04 Å². The molecule has 0 radical (unpaired) electrons. The second-order valence-corrected chi connectivity index (χ2v) is 5.92. The number of ether oxygens (including phenoxy) is 1. The van der Waals surface area contributed by atoms with E-state index in [1.807, 2.05) is 20.8 Å². The van der Waals surface area contributed by atoms with Crippen LogP contribution in [0.25, 0.3) is 0 Å². The molecule has 0 bridgehead atoms. The van der Waals surface area contributed by atoms with Crippen LogP contribution >= 0.6 is 0 Å². The fourth-order valence-corrected chi connectivity index (χ4v) is 2.27. The monoisotopic (exact) mass is 280 g/mol. The largest absolute Gasteiger partial charge is 0.444 e. The van der Waals surface area contributed by atoms with Gasteiger partial charge in [0, 0.05) is 25.2 Å². The third kappa shape index (κ3) is 3.48. The Kier molecular flexibility index (Phi) is 4.28. The number of amides is 1. The highest BCUT2D eigenvalue weighted by atomic mass is 19.1. The quantitative estimate of drug-likeness (QED) is 0.860. The molecule has 1 saturated heterocycles. The maximum Gasteiger partial charge on any atom is 0.410 e. The van der Waals surface area contributed by atoms with Crippen molar-refractivity contribution in [3.05, 3.63) is 35.6 Å². The molecule has 2 rings (SSSR count). The first-order chi connectivity index (χ1) is 9.38. The third-order valence-corrected chi connectivity index (χ3v) is 3.14. The van der Waals surface area contributed by atoms with E-state index < -0.39 is 11.7 Å². The predicted octanol–water partition coefficient (Wildman–Crippen LogP) is 2.71. The van der Waals surface area contributed by atoms with E-state index in [0.717, 1.165) is 0 Å². The highest BCUT2D eigenvalue weighted by molar-refractivity contribution is 5.69. The Labute approximate surface area is 118 Å². The molecule has 20 heavy (non-hydrogen) atoms. The number of hydrogen-bond acceptors (Lipinski definition) is 3. The number of hydrogen-bond donors (Lipinski definition) is 1. The summed E-state index contributed by atoms with van der Waals surface area (Å²) in [4.78, 5) is 13.9. The lowest BCUT2D eigenvalue weighted by Gasteiger charge is -2.37. The first-order valence-electron chi connectivity index (χ1n) is 6.83. The van der Waals surface area contributed by atoms with Crippen LogP contribution in [0.3, 0.4) is 0 Å². The summed E-state index contributed by atoms with van der Waals surface area (Å²) >= 11 is 0. The van der Waals surface area contributed by atoms with E-state index in [1.165, 1.54) is 6.07 Å². The van der Waals surface area contributed by atoms with Crippen LogP contribution in [0.5, 0.6) is 0 Å². The van der Waals surface area contributed by atoms with E-state index in [4.69, 9.17) is 4.74 Å². The van der Waals surface area contributed by atoms with E-state index in [-0.39, 0.29) is 11.9 Å². The Balaban J connectivity index is 2.22. The number of benzene rings is 1. The summed E-state index contributed by atoms with van der Waals surface area (Å²) in [7, 11) is 0. The lowest BCUT2D eigenvalue weighted by molar-refractivity contribution is 0.0114. The van der Waals surface area contributed by atoms with Crippen molar-refractivity contribution in [1.82, 2.24) is 10.2 Å². The molecule has 1 aromatic carbocycles. The summed E-state index contributed by atoms with van der Waals surface area (Å²) in [5.41, 5.74) is -0.0348. The van der Waals surface area contributed by atoms with Gasteiger partial charge < -0.3 is 10.1 Å². The second-order valence-electron chi connectivity index (χ2n) is 5.92. The Morgan fingerprint density at radius 3 is 2.75 bits per heavy atom.